The number of amides is 1. The minimum Gasteiger partial charge on any atom is -0.485 e. The van der Waals surface area contributed by atoms with Crippen molar-refractivity contribution in [2.45, 2.75) is 46.5 Å². The third kappa shape index (κ3) is 7.35. The number of carbonyl (C=O) groups excluding carboxylic acids is 1. The van der Waals surface area contributed by atoms with Crippen molar-refractivity contribution in [3.8, 4) is 11.5 Å². The van der Waals surface area contributed by atoms with Crippen LogP contribution in [0.4, 0.5) is 5.69 Å². The Kier molecular flexibility index (Phi) is 9.92. The Hall–Kier alpha value is -3.80. The summed E-state index contributed by atoms with van der Waals surface area (Å²) in [6.07, 6.45) is 9.41. The number of carbonyl (C=O) groups is 1. The van der Waals surface area contributed by atoms with Crippen LogP contribution in [0.15, 0.2) is 71.1 Å². The van der Waals surface area contributed by atoms with Gasteiger partial charge in [0.1, 0.15) is 6.61 Å². The molecule has 0 unspecified atom stereocenters. The minimum atomic E-state index is -0.266. The van der Waals surface area contributed by atoms with E-state index in [4.69, 9.17) is 9.47 Å². The molecule has 0 radical (unpaired) electrons. The van der Waals surface area contributed by atoms with E-state index in [9.17, 15) is 9.59 Å². The van der Waals surface area contributed by atoms with Gasteiger partial charge in [-0.2, -0.15) is 0 Å². The number of rotatable bonds is 12. The maximum atomic E-state index is 13.3. The number of fused-ring (bicyclic) bond motifs is 1. The van der Waals surface area contributed by atoms with E-state index >= 15 is 0 Å². The van der Waals surface area contributed by atoms with E-state index in [2.05, 4.69) is 12.2 Å². The summed E-state index contributed by atoms with van der Waals surface area (Å²) >= 11 is 0. The fourth-order valence-corrected chi connectivity index (χ4v) is 3.75. The number of ether oxygens (including phenoxy) is 2. The van der Waals surface area contributed by atoms with Crippen molar-refractivity contribution in [1.82, 2.24) is 4.57 Å². The van der Waals surface area contributed by atoms with Crippen LogP contribution in [-0.2, 0) is 11.8 Å². The van der Waals surface area contributed by atoms with Crippen molar-refractivity contribution in [2.75, 3.05) is 18.5 Å². The third-order valence-corrected chi connectivity index (χ3v) is 5.77. The fourth-order valence-electron chi connectivity index (χ4n) is 3.75. The summed E-state index contributed by atoms with van der Waals surface area (Å²) < 4.78 is 13.6. The SMILES string of the molecule is CCCCCCOc1c(OCC=C(C)C)c2ccc(NC(=O)C=Cc3ccccc3)cc2n(C)c1=O. The molecule has 1 N–H and O–H groups in total. The zero-order chi connectivity index (χ0) is 25.9. The highest BCUT2D eigenvalue weighted by Gasteiger charge is 2.19. The van der Waals surface area contributed by atoms with Crippen molar-refractivity contribution in [3.63, 3.8) is 0 Å². The summed E-state index contributed by atoms with van der Waals surface area (Å²) in [5.41, 5.74) is 3.03. The van der Waals surface area contributed by atoms with Gasteiger partial charge in [0.05, 0.1) is 12.1 Å². The van der Waals surface area contributed by atoms with Crippen LogP contribution < -0.4 is 20.3 Å². The molecule has 0 saturated heterocycles. The standard InChI is InChI=1S/C30H36N2O4/c1-5-6-7-11-19-35-29-28(36-20-18-22(2)3)25-16-15-24(21-26(25)32(4)30(29)34)31-27(33)17-14-23-12-9-8-10-13-23/h8-10,12-18,21H,5-7,11,19-20H2,1-4H3,(H,31,33). The largest absolute Gasteiger partial charge is 0.485 e. The maximum absolute atomic E-state index is 13.3. The van der Waals surface area contributed by atoms with E-state index < -0.39 is 0 Å². The summed E-state index contributed by atoms with van der Waals surface area (Å²) in [6, 6.07) is 15.1. The highest BCUT2D eigenvalue weighted by Crippen LogP contribution is 2.34. The van der Waals surface area contributed by atoms with Crippen molar-refractivity contribution < 1.29 is 14.3 Å². The number of hydrogen-bond acceptors (Lipinski definition) is 4. The van der Waals surface area contributed by atoms with Crippen LogP contribution in [0.25, 0.3) is 17.0 Å². The van der Waals surface area contributed by atoms with Crippen molar-refractivity contribution in [2.24, 2.45) is 7.05 Å². The van der Waals surface area contributed by atoms with Gasteiger partial charge in [0, 0.05) is 24.2 Å². The Morgan fingerprint density at radius 1 is 1.00 bits per heavy atom. The molecule has 0 aliphatic carbocycles. The van der Waals surface area contributed by atoms with Gasteiger partial charge in [-0.25, -0.2) is 0 Å². The van der Waals surface area contributed by atoms with E-state index in [0.717, 1.165) is 42.2 Å². The van der Waals surface area contributed by atoms with Crippen molar-refractivity contribution in [1.29, 1.82) is 0 Å². The molecule has 0 bridgehead atoms. The van der Waals surface area contributed by atoms with Gasteiger partial charge in [-0.1, -0.05) is 62.1 Å². The molecule has 1 aromatic heterocycles. The van der Waals surface area contributed by atoms with E-state index in [1.807, 2.05) is 56.3 Å². The number of hydrogen-bond donors (Lipinski definition) is 1. The lowest BCUT2D eigenvalue weighted by molar-refractivity contribution is -0.111. The van der Waals surface area contributed by atoms with Gasteiger partial charge in [0.2, 0.25) is 11.7 Å². The summed E-state index contributed by atoms with van der Waals surface area (Å²) in [6.45, 7) is 6.95. The van der Waals surface area contributed by atoms with Crippen LogP contribution in [0.1, 0.15) is 52.0 Å². The predicted octanol–water partition coefficient (Wildman–Crippen LogP) is 6.49. The summed E-state index contributed by atoms with van der Waals surface area (Å²) in [5.74, 6) is 0.407. The van der Waals surface area contributed by atoms with Gasteiger partial charge in [-0.05, 0) is 56.2 Å². The Labute approximate surface area is 213 Å². The fraction of sp³-hybridized carbons (Fsp3) is 0.333. The molecule has 2 aromatic carbocycles. The highest BCUT2D eigenvalue weighted by molar-refractivity contribution is 6.03. The maximum Gasteiger partial charge on any atom is 0.297 e. The number of unbranched alkanes of at least 4 members (excludes halogenated alkanes) is 3. The molecule has 1 heterocycles. The molecule has 36 heavy (non-hydrogen) atoms. The second-order valence-corrected chi connectivity index (χ2v) is 8.99. The average molecular weight is 489 g/mol. The van der Waals surface area contributed by atoms with Gasteiger partial charge in [0.25, 0.3) is 5.56 Å². The van der Waals surface area contributed by atoms with E-state index in [-0.39, 0.29) is 17.2 Å². The number of nitrogens with one attached hydrogen (secondary N) is 1. The van der Waals surface area contributed by atoms with E-state index in [1.165, 1.54) is 6.08 Å². The molecule has 3 rings (SSSR count). The molecular weight excluding hydrogens is 452 g/mol. The monoisotopic (exact) mass is 488 g/mol. The number of allylic oxidation sites excluding steroid dienone is 1. The lowest BCUT2D eigenvalue weighted by Gasteiger charge is -2.17. The van der Waals surface area contributed by atoms with Gasteiger partial charge < -0.3 is 19.4 Å². The Balaban J connectivity index is 1.90. The first-order chi connectivity index (χ1) is 17.4. The summed E-state index contributed by atoms with van der Waals surface area (Å²) in [7, 11) is 1.70. The Bertz CT molecular complexity index is 1290. The van der Waals surface area contributed by atoms with Crippen LogP contribution >= 0.6 is 0 Å². The molecule has 0 fully saturated rings. The molecule has 0 aliphatic rings. The first-order valence-electron chi connectivity index (χ1n) is 12.5. The van der Waals surface area contributed by atoms with Crippen LogP contribution in [0, 0.1) is 0 Å². The molecule has 6 heteroatoms. The lowest BCUT2D eigenvalue weighted by atomic mass is 10.1. The zero-order valence-electron chi connectivity index (χ0n) is 21.7. The van der Waals surface area contributed by atoms with Crippen LogP contribution in [-0.4, -0.2) is 23.7 Å². The topological polar surface area (TPSA) is 69.6 Å². The number of aryl methyl sites for hydroxylation is 1. The number of nitrogens with zero attached hydrogens (tertiary/aromatic N) is 1. The zero-order valence-corrected chi connectivity index (χ0v) is 21.7. The Morgan fingerprint density at radius 2 is 1.78 bits per heavy atom. The lowest BCUT2D eigenvalue weighted by Crippen LogP contribution is -2.22. The van der Waals surface area contributed by atoms with Gasteiger partial charge in [-0.15, -0.1) is 0 Å². The number of aromatic nitrogens is 1. The van der Waals surface area contributed by atoms with Crippen LogP contribution in [0.2, 0.25) is 0 Å². The molecule has 0 atom stereocenters. The van der Waals surface area contributed by atoms with Crippen LogP contribution in [0.5, 0.6) is 11.5 Å². The second kappa shape index (κ2) is 13.3. The molecule has 0 saturated carbocycles. The molecule has 190 valence electrons. The third-order valence-electron chi connectivity index (χ3n) is 5.77. The van der Waals surface area contributed by atoms with E-state index in [0.29, 0.717) is 30.2 Å². The highest BCUT2D eigenvalue weighted by atomic mass is 16.5. The molecule has 0 aliphatic heterocycles. The number of anilines is 1. The van der Waals surface area contributed by atoms with Gasteiger partial charge in [-0.3, -0.25) is 9.59 Å². The first kappa shape index (κ1) is 26.8. The molecule has 0 spiro atoms. The number of benzene rings is 2. The normalized spacial score (nSPS) is 11.0. The van der Waals surface area contributed by atoms with Gasteiger partial charge in [0.15, 0.2) is 5.75 Å². The number of pyridine rings is 1. The molecule has 1 amide bonds. The van der Waals surface area contributed by atoms with Crippen molar-refractivity contribution in [3.05, 3.63) is 82.2 Å². The average Bonchev–Trinajstić information content (AvgIpc) is 2.87. The molecular formula is C30H36N2O4. The van der Waals surface area contributed by atoms with Gasteiger partial charge >= 0.3 is 0 Å². The van der Waals surface area contributed by atoms with E-state index in [1.54, 1.807) is 29.8 Å². The summed E-state index contributed by atoms with van der Waals surface area (Å²) in [5, 5.41) is 3.62. The minimum absolute atomic E-state index is 0.228. The first-order valence-corrected chi connectivity index (χ1v) is 12.5. The quantitative estimate of drug-likeness (QED) is 0.180. The summed E-state index contributed by atoms with van der Waals surface area (Å²) in [4.78, 5) is 25.7. The predicted molar refractivity (Wildman–Crippen MR) is 148 cm³/mol. The van der Waals surface area contributed by atoms with Crippen molar-refractivity contribution >= 4 is 28.6 Å². The molecule has 6 nitrogen and oxygen atoms in total. The molecule has 3 aromatic rings. The Morgan fingerprint density at radius 3 is 2.50 bits per heavy atom. The van der Waals surface area contributed by atoms with Crippen LogP contribution in [0.3, 0.4) is 0 Å². The second-order valence-electron chi connectivity index (χ2n) is 8.99. The smallest absolute Gasteiger partial charge is 0.297 e.